The van der Waals surface area contributed by atoms with Crippen LogP contribution < -0.4 is 14.8 Å². The first-order valence-corrected chi connectivity index (χ1v) is 12.6. The lowest BCUT2D eigenvalue weighted by molar-refractivity contribution is 0.316. The highest BCUT2D eigenvalue weighted by molar-refractivity contribution is 7.88. The second-order valence-electron chi connectivity index (χ2n) is 6.79. The fraction of sp³-hybridized carbons (Fsp3) is 0.400. The average Bonchev–Trinajstić information content (AvgIpc) is 2.69. The molecule has 2 aromatic rings. The molecule has 0 fully saturated rings. The zero-order valence-electron chi connectivity index (χ0n) is 16.9. The Morgan fingerprint density at radius 1 is 1.10 bits per heavy atom. The van der Waals surface area contributed by atoms with E-state index < -0.39 is 20.8 Å². The first kappa shape index (κ1) is 21.8. The predicted octanol–water partition coefficient (Wildman–Crippen LogP) is 2.76. The van der Waals surface area contributed by atoms with Crippen molar-refractivity contribution in [1.29, 1.82) is 0 Å². The lowest BCUT2D eigenvalue weighted by atomic mass is 10.1. The molecule has 7 nitrogen and oxygen atoms in total. The minimum absolute atomic E-state index is 0.0697. The average molecular weight is 438 g/mol. The van der Waals surface area contributed by atoms with Crippen molar-refractivity contribution >= 4 is 26.5 Å². The summed E-state index contributed by atoms with van der Waals surface area (Å²) in [5.74, 6) is 0.977. The van der Waals surface area contributed by atoms with Gasteiger partial charge in [0, 0.05) is 25.2 Å². The third kappa shape index (κ3) is 5.16. The SMILES string of the molecule is CCN(CC)CCNc1ccc(CNS(C)(=O)=O)c2c1S(=O)c1ccccc1O2. The van der Waals surface area contributed by atoms with Gasteiger partial charge in [0.15, 0.2) is 5.75 Å². The highest BCUT2D eigenvalue weighted by Gasteiger charge is 2.29. The van der Waals surface area contributed by atoms with Crippen LogP contribution in [0.1, 0.15) is 19.4 Å². The summed E-state index contributed by atoms with van der Waals surface area (Å²) in [5, 5.41) is 3.38. The van der Waals surface area contributed by atoms with Crippen LogP contribution in [0.5, 0.6) is 11.5 Å². The number of fused-ring (bicyclic) bond motifs is 2. The number of benzene rings is 2. The first-order valence-electron chi connectivity index (χ1n) is 9.59. The largest absolute Gasteiger partial charge is 0.454 e. The standard InChI is InChI=1S/C20H27N3O4S2/c1-4-23(5-2)13-12-21-16-11-10-15(14-22-29(3,25)26)19-20(16)28(24)18-9-7-6-8-17(18)27-19/h6-11,21-22H,4-5,12-14H2,1-3H3. The van der Waals surface area contributed by atoms with Gasteiger partial charge in [0.2, 0.25) is 10.0 Å². The third-order valence-electron chi connectivity index (χ3n) is 4.80. The van der Waals surface area contributed by atoms with Crippen LogP contribution in [0.4, 0.5) is 5.69 Å². The van der Waals surface area contributed by atoms with Crippen LogP contribution in [0.2, 0.25) is 0 Å². The quantitative estimate of drug-likeness (QED) is 0.535. The Hall–Kier alpha value is -1.94. The summed E-state index contributed by atoms with van der Waals surface area (Å²) < 4.78 is 45.0. The van der Waals surface area contributed by atoms with E-state index in [1.807, 2.05) is 24.3 Å². The van der Waals surface area contributed by atoms with E-state index in [4.69, 9.17) is 4.74 Å². The smallest absolute Gasteiger partial charge is 0.209 e. The van der Waals surface area contributed by atoms with Crippen molar-refractivity contribution in [1.82, 2.24) is 9.62 Å². The molecule has 0 spiro atoms. The van der Waals surface area contributed by atoms with Gasteiger partial charge in [-0.3, -0.25) is 0 Å². The van der Waals surface area contributed by atoms with E-state index in [1.54, 1.807) is 12.1 Å². The summed E-state index contributed by atoms with van der Waals surface area (Å²) in [4.78, 5) is 3.46. The highest BCUT2D eigenvalue weighted by atomic mass is 32.2. The molecule has 9 heteroatoms. The van der Waals surface area contributed by atoms with Crippen LogP contribution in [0.15, 0.2) is 46.2 Å². The van der Waals surface area contributed by atoms with E-state index >= 15 is 0 Å². The Morgan fingerprint density at radius 3 is 2.52 bits per heavy atom. The number of hydrogen-bond acceptors (Lipinski definition) is 6. The first-order chi connectivity index (χ1) is 13.8. The molecule has 0 radical (unpaired) electrons. The zero-order chi connectivity index (χ0) is 21.0. The fourth-order valence-corrected chi connectivity index (χ4v) is 5.00. The number of ether oxygens (including phenoxy) is 1. The maximum absolute atomic E-state index is 13.3. The van der Waals surface area contributed by atoms with Gasteiger partial charge in [-0.25, -0.2) is 17.3 Å². The molecule has 1 unspecified atom stereocenters. The highest BCUT2D eigenvalue weighted by Crippen LogP contribution is 2.45. The Morgan fingerprint density at radius 2 is 1.83 bits per heavy atom. The lowest BCUT2D eigenvalue weighted by Gasteiger charge is -2.25. The van der Waals surface area contributed by atoms with Crippen LogP contribution in [0.3, 0.4) is 0 Å². The van der Waals surface area contributed by atoms with Crippen molar-refractivity contribution in [2.45, 2.75) is 30.2 Å². The maximum atomic E-state index is 13.3. The molecule has 1 aliphatic rings. The molecule has 1 atom stereocenters. The number of nitrogens with one attached hydrogen (secondary N) is 2. The zero-order valence-corrected chi connectivity index (χ0v) is 18.5. The molecular formula is C20H27N3O4S2. The van der Waals surface area contributed by atoms with Crippen molar-refractivity contribution in [3.8, 4) is 11.5 Å². The maximum Gasteiger partial charge on any atom is 0.209 e. The Labute approximate surface area is 175 Å². The van der Waals surface area contributed by atoms with Crippen molar-refractivity contribution < 1.29 is 17.4 Å². The second-order valence-corrected chi connectivity index (χ2v) is 10.0. The second kappa shape index (κ2) is 9.25. The number of anilines is 1. The molecule has 158 valence electrons. The van der Waals surface area contributed by atoms with Gasteiger partial charge in [0.05, 0.1) is 27.6 Å². The molecule has 1 heterocycles. The molecule has 2 N–H and O–H groups in total. The molecule has 0 saturated heterocycles. The number of para-hydroxylation sites is 1. The molecule has 2 aromatic carbocycles. The molecule has 0 aromatic heterocycles. The summed E-state index contributed by atoms with van der Waals surface area (Å²) >= 11 is 0. The monoisotopic (exact) mass is 437 g/mol. The Kier molecular flexibility index (Phi) is 6.94. The van der Waals surface area contributed by atoms with Crippen LogP contribution in [0.25, 0.3) is 0 Å². The Bertz CT molecular complexity index is 1000. The molecule has 29 heavy (non-hydrogen) atoms. The minimum atomic E-state index is -3.37. The molecule has 0 bridgehead atoms. The molecule has 0 aliphatic carbocycles. The number of rotatable bonds is 9. The molecule has 3 rings (SSSR count). The summed E-state index contributed by atoms with van der Waals surface area (Å²) in [5.41, 5.74) is 1.38. The summed E-state index contributed by atoms with van der Waals surface area (Å²) in [6.07, 6.45) is 1.11. The van der Waals surface area contributed by atoms with E-state index in [2.05, 4.69) is 28.8 Å². The van der Waals surface area contributed by atoms with Crippen molar-refractivity contribution in [3.05, 3.63) is 42.0 Å². The lowest BCUT2D eigenvalue weighted by Crippen LogP contribution is -2.29. The predicted molar refractivity (Wildman–Crippen MR) is 116 cm³/mol. The third-order valence-corrected chi connectivity index (χ3v) is 6.98. The van der Waals surface area contributed by atoms with E-state index in [0.29, 0.717) is 33.4 Å². The van der Waals surface area contributed by atoms with Crippen molar-refractivity contribution in [3.63, 3.8) is 0 Å². The minimum Gasteiger partial charge on any atom is -0.454 e. The van der Waals surface area contributed by atoms with Gasteiger partial charge in [-0.2, -0.15) is 0 Å². The number of hydrogen-bond donors (Lipinski definition) is 2. The number of sulfonamides is 1. The summed E-state index contributed by atoms with van der Waals surface area (Å²) in [7, 11) is -4.80. The van der Waals surface area contributed by atoms with Gasteiger partial charge in [-0.15, -0.1) is 0 Å². The van der Waals surface area contributed by atoms with Crippen LogP contribution >= 0.6 is 0 Å². The van der Waals surface area contributed by atoms with Crippen LogP contribution in [-0.4, -0.2) is 50.0 Å². The fourth-order valence-electron chi connectivity index (χ4n) is 3.18. The van der Waals surface area contributed by atoms with Gasteiger partial charge in [-0.1, -0.05) is 32.0 Å². The van der Waals surface area contributed by atoms with Gasteiger partial charge in [0.25, 0.3) is 0 Å². The van der Waals surface area contributed by atoms with E-state index in [-0.39, 0.29) is 6.54 Å². The van der Waals surface area contributed by atoms with Gasteiger partial charge >= 0.3 is 0 Å². The van der Waals surface area contributed by atoms with E-state index in [1.165, 1.54) is 0 Å². The topological polar surface area (TPSA) is 87.7 Å². The number of nitrogens with zero attached hydrogens (tertiary/aromatic N) is 1. The summed E-state index contributed by atoms with van der Waals surface area (Å²) in [6.45, 7) is 7.81. The van der Waals surface area contributed by atoms with E-state index in [9.17, 15) is 12.6 Å². The summed E-state index contributed by atoms with van der Waals surface area (Å²) in [6, 6.07) is 10.9. The number of likely N-dealkylation sites (N-methyl/N-ethyl adjacent to an activating group) is 1. The van der Waals surface area contributed by atoms with E-state index in [0.717, 1.165) is 31.6 Å². The normalized spacial score (nSPS) is 15.5. The molecule has 0 saturated carbocycles. The van der Waals surface area contributed by atoms with Crippen molar-refractivity contribution in [2.24, 2.45) is 0 Å². The molecule has 1 aliphatic heterocycles. The van der Waals surface area contributed by atoms with Crippen molar-refractivity contribution in [2.75, 3.05) is 37.8 Å². The van der Waals surface area contributed by atoms with Gasteiger partial charge < -0.3 is 15.0 Å². The van der Waals surface area contributed by atoms with Gasteiger partial charge in [-0.05, 0) is 31.3 Å². The van der Waals surface area contributed by atoms with Gasteiger partial charge in [0.1, 0.15) is 10.6 Å². The van der Waals surface area contributed by atoms with Crippen LogP contribution in [0, 0.1) is 0 Å². The molecule has 0 amide bonds. The Balaban J connectivity index is 1.94. The van der Waals surface area contributed by atoms with Crippen LogP contribution in [-0.2, 0) is 27.4 Å². The molecular weight excluding hydrogens is 410 g/mol.